The lowest BCUT2D eigenvalue weighted by Gasteiger charge is -2.32. The van der Waals surface area contributed by atoms with Crippen molar-refractivity contribution in [2.45, 2.75) is 19.8 Å². The Bertz CT molecular complexity index is 249. The van der Waals surface area contributed by atoms with E-state index in [0.717, 1.165) is 6.42 Å². The van der Waals surface area contributed by atoms with Gasteiger partial charge >= 0.3 is 0 Å². The molecule has 1 aromatic heterocycles. The van der Waals surface area contributed by atoms with Gasteiger partial charge in [0.05, 0.1) is 11.9 Å². The highest BCUT2D eigenvalue weighted by molar-refractivity contribution is 5.46. The number of rotatable bonds is 2. The predicted molar refractivity (Wildman–Crippen MR) is 50.4 cm³/mol. The fraction of sp³-hybridized carbons (Fsp3) is 0.500. The second-order valence-corrected chi connectivity index (χ2v) is 3.20. The molecular formula is C10H14N2. The minimum Gasteiger partial charge on any atom is -0.370 e. The molecule has 2 nitrogen and oxygen atoms in total. The Morgan fingerprint density at radius 1 is 1.42 bits per heavy atom. The third-order valence-electron chi connectivity index (χ3n) is 2.39. The van der Waals surface area contributed by atoms with Crippen LogP contribution in [0.5, 0.6) is 0 Å². The van der Waals surface area contributed by atoms with Crippen LogP contribution in [0.1, 0.15) is 19.0 Å². The van der Waals surface area contributed by atoms with Crippen LogP contribution in [0.3, 0.4) is 0 Å². The summed E-state index contributed by atoms with van der Waals surface area (Å²) < 4.78 is 0. The number of hydrogen-bond donors (Lipinski definition) is 0. The van der Waals surface area contributed by atoms with E-state index >= 15 is 0 Å². The summed E-state index contributed by atoms with van der Waals surface area (Å²) in [5, 5.41) is 0. The summed E-state index contributed by atoms with van der Waals surface area (Å²) in [7, 11) is 0. The Kier molecular flexibility index (Phi) is 1.98. The first-order valence-corrected chi connectivity index (χ1v) is 4.60. The first-order chi connectivity index (χ1) is 5.90. The van der Waals surface area contributed by atoms with Crippen LogP contribution < -0.4 is 4.90 Å². The molecule has 1 saturated heterocycles. The van der Waals surface area contributed by atoms with Crippen molar-refractivity contribution >= 4 is 5.69 Å². The molecule has 0 bridgehead atoms. The minimum atomic E-state index is 1.03. The van der Waals surface area contributed by atoms with Crippen molar-refractivity contribution in [1.29, 1.82) is 0 Å². The van der Waals surface area contributed by atoms with Crippen LogP contribution in [-0.4, -0.2) is 18.1 Å². The average Bonchev–Trinajstić information content (AvgIpc) is 2.03. The molecule has 1 aliphatic heterocycles. The van der Waals surface area contributed by atoms with Crippen molar-refractivity contribution in [1.82, 2.24) is 4.98 Å². The summed E-state index contributed by atoms with van der Waals surface area (Å²) >= 11 is 0. The number of pyridine rings is 1. The molecule has 1 fully saturated rings. The lowest BCUT2D eigenvalue weighted by molar-refractivity contribution is 0.616. The molecule has 2 rings (SSSR count). The van der Waals surface area contributed by atoms with Crippen molar-refractivity contribution in [2.24, 2.45) is 0 Å². The van der Waals surface area contributed by atoms with E-state index in [1.807, 2.05) is 6.20 Å². The third kappa shape index (κ3) is 1.29. The summed E-state index contributed by atoms with van der Waals surface area (Å²) in [6.45, 7) is 4.53. The fourth-order valence-electron chi connectivity index (χ4n) is 1.39. The Hall–Kier alpha value is -1.05. The molecule has 0 radical (unpaired) electrons. The largest absolute Gasteiger partial charge is 0.370 e. The Labute approximate surface area is 73.2 Å². The molecule has 0 aromatic carbocycles. The van der Waals surface area contributed by atoms with Crippen LogP contribution in [0.4, 0.5) is 5.69 Å². The van der Waals surface area contributed by atoms with Crippen molar-refractivity contribution in [2.75, 3.05) is 18.0 Å². The zero-order valence-corrected chi connectivity index (χ0v) is 7.45. The quantitative estimate of drug-likeness (QED) is 0.659. The second-order valence-electron chi connectivity index (χ2n) is 3.20. The van der Waals surface area contributed by atoms with Gasteiger partial charge in [-0.1, -0.05) is 6.92 Å². The van der Waals surface area contributed by atoms with Crippen LogP contribution >= 0.6 is 0 Å². The highest BCUT2D eigenvalue weighted by Crippen LogP contribution is 2.18. The molecule has 12 heavy (non-hydrogen) atoms. The van der Waals surface area contributed by atoms with E-state index < -0.39 is 0 Å². The van der Waals surface area contributed by atoms with E-state index in [2.05, 4.69) is 28.9 Å². The molecule has 0 unspecified atom stereocenters. The van der Waals surface area contributed by atoms with Crippen molar-refractivity contribution in [3.63, 3.8) is 0 Å². The maximum Gasteiger partial charge on any atom is 0.0552 e. The van der Waals surface area contributed by atoms with Gasteiger partial charge in [0.1, 0.15) is 0 Å². The molecule has 0 amide bonds. The third-order valence-corrected chi connectivity index (χ3v) is 2.39. The molecule has 0 aliphatic carbocycles. The first kappa shape index (κ1) is 7.59. The van der Waals surface area contributed by atoms with Crippen LogP contribution in [-0.2, 0) is 6.42 Å². The normalized spacial score (nSPS) is 15.9. The first-order valence-electron chi connectivity index (χ1n) is 4.60. The topological polar surface area (TPSA) is 16.1 Å². The summed E-state index contributed by atoms with van der Waals surface area (Å²) in [6.07, 6.45) is 4.34. The van der Waals surface area contributed by atoms with E-state index in [0.29, 0.717) is 0 Å². The van der Waals surface area contributed by atoms with E-state index in [-0.39, 0.29) is 0 Å². The van der Waals surface area contributed by atoms with Gasteiger partial charge in [-0.25, -0.2) is 0 Å². The summed E-state index contributed by atoms with van der Waals surface area (Å²) in [5.74, 6) is 0. The Morgan fingerprint density at radius 2 is 2.25 bits per heavy atom. The highest BCUT2D eigenvalue weighted by atomic mass is 15.2. The van der Waals surface area contributed by atoms with Gasteiger partial charge in [0.25, 0.3) is 0 Å². The molecule has 2 heteroatoms. The molecule has 1 aromatic rings. The summed E-state index contributed by atoms with van der Waals surface area (Å²) in [5.41, 5.74) is 2.46. The van der Waals surface area contributed by atoms with Crippen molar-refractivity contribution in [3.05, 3.63) is 24.0 Å². The molecule has 0 atom stereocenters. The molecule has 64 valence electrons. The molecule has 0 saturated carbocycles. The maximum atomic E-state index is 4.36. The lowest BCUT2D eigenvalue weighted by atomic mass is 10.2. The fourth-order valence-corrected chi connectivity index (χ4v) is 1.39. The number of aromatic nitrogens is 1. The molecule has 0 N–H and O–H groups in total. The van der Waals surface area contributed by atoms with Crippen LogP contribution in [0.25, 0.3) is 0 Å². The van der Waals surface area contributed by atoms with Gasteiger partial charge in [0, 0.05) is 18.8 Å². The second kappa shape index (κ2) is 3.13. The molecule has 0 spiro atoms. The minimum absolute atomic E-state index is 1.03. The van der Waals surface area contributed by atoms with Gasteiger partial charge in [-0.3, -0.25) is 4.98 Å². The van der Waals surface area contributed by atoms with Gasteiger partial charge in [-0.15, -0.1) is 0 Å². The number of hydrogen-bond acceptors (Lipinski definition) is 2. The molecular weight excluding hydrogens is 148 g/mol. The molecule has 2 heterocycles. The zero-order chi connectivity index (χ0) is 8.39. The molecule has 1 aliphatic rings. The van der Waals surface area contributed by atoms with E-state index in [9.17, 15) is 0 Å². The van der Waals surface area contributed by atoms with Gasteiger partial charge in [0.15, 0.2) is 0 Å². The van der Waals surface area contributed by atoms with Gasteiger partial charge < -0.3 is 4.90 Å². The van der Waals surface area contributed by atoms with Gasteiger partial charge in [0.2, 0.25) is 0 Å². The van der Waals surface area contributed by atoms with E-state index in [4.69, 9.17) is 0 Å². The van der Waals surface area contributed by atoms with Gasteiger partial charge in [-0.2, -0.15) is 0 Å². The van der Waals surface area contributed by atoms with Crippen LogP contribution in [0.15, 0.2) is 18.3 Å². The van der Waals surface area contributed by atoms with Crippen LogP contribution in [0.2, 0.25) is 0 Å². The zero-order valence-electron chi connectivity index (χ0n) is 7.45. The van der Waals surface area contributed by atoms with E-state index in [1.54, 1.807) is 0 Å². The maximum absolute atomic E-state index is 4.36. The summed E-state index contributed by atoms with van der Waals surface area (Å²) in [6, 6.07) is 4.29. The standard InChI is InChI=1S/C10H14N2/c1-2-9-4-5-10(8-11-9)12-6-3-7-12/h4-5,8H,2-3,6-7H2,1H3. The number of anilines is 1. The number of aryl methyl sites for hydroxylation is 1. The van der Waals surface area contributed by atoms with Crippen molar-refractivity contribution < 1.29 is 0 Å². The predicted octanol–water partition coefficient (Wildman–Crippen LogP) is 1.85. The average molecular weight is 162 g/mol. The van der Waals surface area contributed by atoms with Crippen molar-refractivity contribution in [3.8, 4) is 0 Å². The Balaban J connectivity index is 2.13. The summed E-state index contributed by atoms with van der Waals surface area (Å²) in [4.78, 5) is 6.71. The highest BCUT2D eigenvalue weighted by Gasteiger charge is 2.13. The Morgan fingerprint density at radius 3 is 2.67 bits per heavy atom. The SMILES string of the molecule is CCc1ccc(N2CCC2)cn1. The van der Waals surface area contributed by atoms with Crippen LogP contribution in [0, 0.1) is 0 Å². The monoisotopic (exact) mass is 162 g/mol. The number of nitrogens with zero attached hydrogens (tertiary/aromatic N) is 2. The lowest BCUT2D eigenvalue weighted by Crippen LogP contribution is -2.36. The smallest absolute Gasteiger partial charge is 0.0552 e. The van der Waals surface area contributed by atoms with E-state index in [1.165, 1.54) is 30.9 Å². The van der Waals surface area contributed by atoms with Gasteiger partial charge in [-0.05, 0) is 25.0 Å².